The third-order valence-electron chi connectivity index (χ3n) is 6.30. The second-order valence-electron chi connectivity index (χ2n) is 8.39. The molecule has 0 radical (unpaired) electrons. The maximum absolute atomic E-state index is 13.2. The molecule has 2 aliphatic rings. The molecule has 0 saturated carbocycles. The van der Waals surface area contributed by atoms with Gasteiger partial charge >= 0.3 is 0 Å². The zero-order valence-corrected chi connectivity index (χ0v) is 18.6. The van der Waals surface area contributed by atoms with Gasteiger partial charge in [-0.2, -0.15) is 0 Å². The van der Waals surface area contributed by atoms with Crippen molar-refractivity contribution in [2.45, 2.75) is 43.9 Å². The number of halogens is 1. The molecule has 0 aliphatic carbocycles. The number of carbonyl (C=O) groups excluding carboxylic acids is 1. The van der Waals surface area contributed by atoms with E-state index in [1.54, 1.807) is 14.2 Å². The van der Waals surface area contributed by atoms with E-state index in [1.165, 1.54) is 12.1 Å². The lowest BCUT2D eigenvalue weighted by Gasteiger charge is -2.35. The smallest absolute Gasteiger partial charge is 0.224 e. The zero-order chi connectivity index (χ0) is 22.5. The van der Waals surface area contributed by atoms with Crippen molar-refractivity contribution in [2.24, 2.45) is 0 Å². The molecule has 2 unspecified atom stereocenters. The SMILES string of the molecule is COc1ccc(CC(=O)NC2CCN(C3CC(c4ccc(F)cc4)NN3)CC2)cc1OC. The fourth-order valence-electron chi connectivity index (χ4n) is 4.50. The number of carbonyl (C=O) groups is 1. The van der Waals surface area contributed by atoms with Crippen LogP contribution < -0.4 is 25.6 Å². The van der Waals surface area contributed by atoms with E-state index in [9.17, 15) is 9.18 Å². The summed E-state index contributed by atoms with van der Waals surface area (Å²) in [5.41, 5.74) is 8.67. The van der Waals surface area contributed by atoms with Crippen molar-refractivity contribution in [1.82, 2.24) is 21.1 Å². The van der Waals surface area contributed by atoms with Crippen LogP contribution in [0.4, 0.5) is 4.39 Å². The standard InChI is InChI=1S/C24H31FN4O3/c1-31-21-8-3-16(13-22(21)32-2)14-24(30)26-19-9-11-29(12-10-19)23-15-20(27-28-23)17-4-6-18(25)7-5-17/h3-8,13,19-20,23,27-28H,9-12,14-15H2,1-2H3,(H,26,30). The Kier molecular flexibility index (Phi) is 7.24. The van der Waals surface area contributed by atoms with Crippen molar-refractivity contribution in [3.05, 3.63) is 59.4 Å². The minimum Gasteiger partial charge on any atom is -0.493 e. The molecule has 8 heteroatoms. The van der Waals surface area contributed by atoms with Crippen molar-refractivity contribution in [3.8, 4) is 11.5 Å². The Balaban J connectivity index is 1.23. The molecule has 7 nitrogen and oxygen atoms in total. The summed E-state index contributed by atoms with van der Waals surface area (Å²) in [6.45, 7) is 1.83. The highest BCUT2D eigenvalue weighted by atomic mass is 19.1. The van der Waals surface area contributed by atoms with Crippen LogP contribution in [0.3, 0.4) is 0 Å². The van der Waals surface area contributed by atoms with E-state index in [4.69, 9.17) is 9.47 Å². The minimum absolute atomic E-state index is 0.0210. The first kappa shape index (κ1) is 22.5. The lowest BCUT2D eigenvalue weighted by atomic mass is 10.0. The summed E-state index contributed by atoms with van der Waals surface area (Å²) in [6, 6.07) is 12.6. The monoisotopic (exact) mass is 442 g/mol. The maximum atomic E-state index is 13.2. The molecule has 2 aliphatic heterocycles. The first-order valence-corrected chi connectivity index (χ1v) is 11.1. The predicted octanol–water partition coefficient (Wildman–Crippen LogP) is 2.53. The van der Waals surface area contributed by atoms with Crippen molar-refractivity contribution >= 4 is 5.91 Å². The number of likely N-dealkylation sites (tertiary alicyclic amines) is 1. The average Bonchev–Trinajstić information content (AvgIpc) is 3.30. The van der Waals surface area contributed by atoms with Crippen LogP contribution in [0.25, 0.3) is 0 Å². The van der Waals surface area contributed by atoms with Gasteiger partial charge in [0, 0.05) is 25.2 Å². The average molecular weight is 443 g/mol. The van der Waals surface area contributed by atoms with Gasteiger partial charge in [-0.05, 0) is 54.7 Å². The summed E-state index contributed by atoms with van der Waals surface area (Å²) in [5.74, 6) is 1.09. The number of rotatable bonds is 7. The Morgan fingerprint density at radius 1 is 1.06 bits per heavy atom. The van der Waals surface area contributed by atoms with E-state index in [-0.39, 0.29) is 30.0 Å². The molecule has 32 heavy (non-hydrogen) atoms. The number of piperidine rings is 1. The molecule has 0 aromatic heterocycles. The van der Waals surface area contributed by atoms with Crippen molar-refractivity contribution in [2.75, 3.05) is 27.3 Å². The van der Waals surface area contributed by atoms with Crippen LogP contribution in [0.2, 0.25) is 0 Å². The molecular weight excluding hydrogens is 411 g/mol. The molecule has 1 amide bonds. The minimum atomic E-state index is -0.216. The van der Waals surface area contributed by atoms with Gasteiger partial charge in [0.25, 0.3) is 0 Å². The van der Waals surface area contributed by atoms with Crippen molar-refractivity contribution in [1.29, 1.82) is 0 Å². The number of nitrogens with zero attached hydrogens (tertiary/aromatic N) is 1. The Labute approximate surface area is 188 Å². The number of hydrogen-bond acceptors (Lipinski definition) is 6. The van der Waals surface area contributed by atoms with Crippen LogP contribution in [-0.4, -0.2) is 50.3 Å². The van der Waals surface area contributed by atoms with Gasteiger partial charge in [-0.25, -0.2) is 15.2 Å². The molecule has 4 rings (SSSR count). The fraction of sp³-hybridized carbons (Fsp3) is 0.458. The predicted molar refractivity (Wildman–Crippen MR) is 120 cm³/mol. The molecular formula is C24H31FN4O3. The molecule has 3 N–H and O–H groups in total. The number of benzene rings is 2. The Morgan fingerprint density at radius 3 is 2.47 bits per heavy atom. The van der Waals surface area contributed by atoms with Crippen LogP contribution in [0.5, 0.6) is 11.5 Å². The molecule has 2 saturated heterocycles. The lowest BCUT2D eigenvalue weighted by Crippen LogP contribution is -2.51. The van der Waals surface area contributed by atoms with E-state index in [2.05, 4.69) is 21.1 Å². The lowest BCUT2D eigenvalue weighted by molar-refractivity contribution is -0.121. The van der Waals surface area contributed by atoms with Gasteiger partial charge in [0.15, 0.2) is 11.5 Å². The summed E-state index contributed by atoms with van der Waals surface area (Å²) in [4.78, 5) is 15.0. The molecule has 2 fully saturated rings. The summed E-state index contributed by atoms with van der Waals surface area (Å²) in [7, 11) is 3.18. The summed E-state index contributed by atoms with van der Waals surface area (Å²) >= 11 is 0. The quantitative estimate of drug-likeness (QED) is 0.612. The molecule has 2 heterocycles. The highest BCUT2D eigenvalue weighted by molar-refractivity contribution is 5.79. The Bertz CT molecular complexity index is 916. The van der Waals surface area contributed by atoms with Crippen molar-refractivity contribution in [3.63, 3.8) is 0 Å². The van der Waals surface area contributed by atoms with E-state index in [0.29, 0.717) is 17.9 Å². The van der Waals surface area contributed by atoms with Crippen LogP contribution in [0.1, 0.15) is 36.4 Å². The van der Waals surface area contributed by atoms with Crippen LogP contribution >= 0.6 is 0 Å². The molecule has 0 spiro atoms. The number of ether oxygens (including phenoxy) is 2. The molecule has 0 bridgehead atoms. The fourth-order valence-corrected chi connectivity index (χ4v) is 4.50. The zero-order valence-electron chi connectivity index (χ0n) is 18.6. The van der Waals surface area contributed by atoms with Crippen LogP contribution in [0.15, 0.2) is 42.5 Å². The molecule has 2 atom stereocenters. The van der Waals surface area contributed by atoms with E-state index < -0.39 is 0 Å². The van der Waals surface area contributed by atoms with Crippen LogP contribution in [0, 0.1) is 5.82 Å². The highest BCUT2D eigenvalue weighted by Crippen LogP contribution is 2.28. The van der Waals surface area contributed by atoms with Gasteiger partial charge in [0.1, 0.15) is 5.82 Å². The molecule has 2 aromatic rings. The summed E-state index contributed by atoms with van der Waals surface area (Å²) < 4.78 is 23.7. The van der Waals surface area contributed by atoms with E-state index in [1.807, 2.05) is 30.3 Å². The Hall–Kier alpha value is -2.68. The number of hydrogen-bond donors (Lipinski definition) is 3. The number of methoxy groups -OCH3 is 2. The molecule has 2 aromatic carbocycles. The topological polar surface area (TPSA) is 74.9 Å². The third-order valence-corrected chi connectivity index (χ3v) is 6.30. The van der Waals surface area contributed by atoms with Crippen molar-refractivity contribution < 1.29 is 18.7 Å². The summed E-state index contributed by atoms with van der Waals surface area (Å²) in [5, 5.41) is 3.18. The number of hydrazine groups is 1. The Morgan fingerprint density at radius 2 is 1.78 bits per heavy atom. The van der Waals surface area contributed by atoms with Gasteiger partial charge in [0.2, 0.25) is 5.91 Å². The largest absolute Gasteiger partial charge is 0.493 e. The third kappa shape index (κ3) is 5.38. The highest BCUT2D eigenvalue weighted by Gasteiger charge is 2.32. The van der Waals surface area contributed by atoms with Gasteiger partial charge in [-0.1, -0.05) is 18.2 Å². The first-order chi connectivity index (χ1) is 15.6. The first-order valence-electron chi connectivity index (χ1n) is 11.1. The van der Waals surface area contributed by atoms with Gasteiger partial charge in [-0.3, -0.25) is 9.69 Å². The van der Waals surface area contributed by atoms with E-state index in [0.717, 1.165) is 43.5 Å². The number of nitrogens with one attached hydrogen (secondary N) is 3. The van der Waals surface area contributed by atoms with Crippen LogP contribution in [-0.2, 0) is 11.2 Å². The van der Waals surface area contributed by atoms with Gasteiger partial charge in [-0.15, -0.1) is 0 Å². The number of amides is 1. The second kappa shape index (κ2) is 10.3. The molecule has 172 valence electrons. The summed E-state index contributed by atoms with van der Waals surface area (Å²) in [6.07, 6.45) is 3.29. The van der Waals surface area contributed by atoms with Gasteiger partial charge in [0.05, 0.1) is 26.8 Å². The normalized spacial score (nSPS) is 22.0. The van der Waals surface area contributed by atoms with E-state index >= 15 is 0 Å². The second-order valence-corrected chi connectivity index (χ2v) is 8.39. The van der Waals surface area contributed by atoms with Gasteiger partial charge < -0.3 is 14.8 Å². The maximum Gasteiger partial charge on any atom is 0.224 e.